The second kappa shape index (κ2) is 7.59. The highest BCUT2D eigenvalue weighted by Gasteiger charge is 2.57. The van der Waals surface area contributed by atoms with Gasteiger partial charge in [0, 0.05) is 0 Å². The van der Waals surface area contributed by atoms with Crippen molar-refractivity contribution in [1.82, 2.24) is 0 Å². The van der Waals surface area contributed by atoms with E-state index in [1.807, 2.05) is 0 Å². The molecule has 4 aliphatic rings. The lowest BCUT2D eigenvalue weighted by atomic mass is 9.46. The molecule has 6 atom stereocenters. The molecule has 0 spiro atoms. The second-order valence-corrected chi connectivity index (χ2v) is 12.9. The van der Waals surface area contributed by atoms with Crippen LogP contribution >= 0.6 is 0 Å². The first-order valence-electron chi connectivity index (χ1n) is 13.2. The van der Waals surface area contributed by atoms with Crippen molar-refractivity contribution in [3.8, 4) is 0 Å². The van der Waals surface area contributed by atoms with E-state index < -0.39 is 0 Å². The summed E-state index contributed by atoms with van der Waals surface area (Å²) in [6, 6.07) is 9.20. The Labute approximate surface area is 196 Å². The third-order valence-corrected chi connectivity index (χ3v) is 10.8. The molecular weight excluding hydrogens is 388 g/mol. The molecule has 1 fully saturated rings. The molecule has 5 rings (SSSR count). The highest BCUT2D eigenvalue weighted by atomic mass is 16.3. The molecule has 1 saturated carbocycles. The van der Waals surface area contributed by atoms with Gasteiger partial charge in [0.05, 0.1) is 6.10 Å². The third-order valence-electron chi connectivity index (χ3n) is 10.8. The number of hydrogen-bond donors (Lipinski definition) is 1. The van der Waals surface area contributed by atoms with Crippen LogP contribution in [-0.2, 0) is 6.42 Å². The zero-order chi connectivity index (χ0) is 22.9. The molecular formula is C31H44O. The Morgan fingerprint density at radius 2 is 1.69 bits per heavy atom. The van der Waals surface area contributed by atoms with Crippen molar-refractivity contribution in [2.75, 3.05) is 0 Å². The normalized spacial score (nSPS) is 39.1. The number of fused-ring (bicyclic) bond motifs is 4. The van der Waals surface area contributed by atoms with Crippen molar-refractivity contribution in [1.29, 1.82) is 0 Å². The van der Waals surface area contributed by atoms with Crippen molar-refractivity contribution in [3.63, 3.8) is 0 Å². The molecule has 4 aliphatic carbocycles. The molecule has 1 aromatic carbocycles. The van der Waals surface area contributed by atoms with Gasteiger partial charge in [-0.25, -0.2) is 0 Å². The third kappa shape index (κ3) is 3.21. The number of aryl methyl sites for hydroxylation is 1. The van der Waals surface area contributed by atoms with Crippen LogP contribution in [0, 0.1) is 40.9 Å². The van der Waals surface area contributed by atoms with Crippen LogP contribution in [0.2, 0.25) is 0 Å². The predicted octanol–water partition coefficient (Wildman–Crippen LogP) is 7.81. The molecule has 32 heavy (non-hydrogen) atoms. The average Bonchev–Trinajstić information content (AvgIpc) is 3.10. The molecule has 0 amide bonds. The lowest BCUT2D eigenvalue weighted by Gasteiger charge is -2.59. The van der Waals surface area contributed by atoms with Crippen molar-refractivity contribution in [3.05, 3.63) is 58.2 Å². The van der Waals surface area contributed by atoms with Gasteiger partial charge in [-0.2, -0.15) is 0 Å². The van der Waals surface area contributed by atoms with Crippen LogP contribution in [0.25, 0.3) is 0 Å². The minimum atomic E-state index is -0.144. The zero-order valence-corrected chi connectivity index (χ0v) is 21.3. The van der Waals surface area contributed by atoms with Crippen LogP contribution < -0.4 is 0 Å². The highest BCUT2D eigenvalue weighted by molar-refractivity contribution is 5.50. The fourth-order valence-corrected chi connectivity index (χ4v) is 8.81. The highest BCUT2D eigenvalue weighted by Crippen LogP contribution is 2.66. The summed E-state index contributed by atoms with van der Waals surface area (Å²) in [6.07, 6.45) is 12.1. The van der Waals surface area contributed by atoms with E-state index in [9.17, 15) is 5.11 Å². The minimum absolute atomic E-state index is 0.0292. The van der Waals surface area contributed by atoms with Gasteiger partial charge in [-0.05, 0) is 109 Å². The quantitative estimate of drug-likeness (QED) is 0.516. The predicted molar refractivity (Wildman–Crippen MR) is 134 cm³/mol. The Hall–Kier alpha value is -1.34. The van der Waals surface area contributed by atoms with Crippen molar-refractivity contribution in [2.24, 2.45) is 34.0 Å². The average molecular weight is 433 g/mol. The summed E-state index contributed by atoms with van der Waals surface area (Å²) in [5.41, 5.74) is 8.75. The van der Waals surface area contributed by atoms with Crippen molar-refractivity contribution < 1.29 is 5.11 Å². The number of benzene rings is 1. The van der Waals surface area contributed by atoms with Gasteiger partial charge in [-0.1, -0.05) is 76.1 Å². The van der Waals surface area contributed by atoms with Crippen LogP contribution in [0.4, 0.5) is 0 Å². The first-order valence-corrected chi connectivity index (χ1v) is 13.2. The van der Waals surface area contributed by atoms with Gasteiger partial charge in [-0.3, -0.25) is 0 Å². The maximum atomic E-state index is 10.8. The summed E-state index contributed by atoms with van der Waals surface area (Å²) in [6.45, 7) is 14.5. The standard InChI is InChI=1S/C31H44O/c1-20-7-9-22(10-8-20)19-21(2)24-12-13-25-23-11-14-27-29(3,4)28(32)16-18-31(27,6)26(23)15-17-30(24,25)5/h7-10,13,21,24,27-28,32H,11-12,14-19H2,1-6H3/t21-,24-,27?,28+,30-,31-/m1/s1. The first-order chi connectivity index (χ1) is 15.1. The molecule has 1 heteroatoms. The second-order valence-electron chi connectivity index (χ2n) is 12.9. The molecule has 174 valence electrons. The summed E-state index contributed by atoms with van der Waals surface area (Å²) in [7, 11) is 0. The van der Waals surface area contributed by atoms with Gasteiger partial charge in [-0.15, -0.1) is 0 Å². The molecule has 0 bridgehead atoms. The van der Waals surface area contributed by atoms with Crippen LogP contribution in [0.15, 0.2) is 47.1 Å². The molecule has 1 unspecified atom stereocenters. The van der Waals surface area contributed by atoms with E-state index in [2.05, 4.69) is 71.9 Å². The number of aliphatic hydroxyl groups is 1. The largest absolute Gasteiger partial charge is 0.393 e. The minimum Gasteiger partial charge on any atom is -0.393 e. The van der Waals surface area contributed by atoms with Gasteiger partial charge < -0.3 is 5.11 Å². The topological polar surface area (TPSA) is 20.2 Å². The molecule has 0 saturated heterocycles. The Kier molecular flexibility index (Phi) is 5.32. The van der Waals surface area contributed by atoms with Gasteiger partial charge in [0.1, 0.15) is 0 Å². The fraction of sp³-hybridized carbons (Fsp3) is 0.677. The van der Waals surface area contributed by atoms with Gasteiger partial charge in [0.2, 0.25) is 0 Å². The van der Waals surface area contributed by atoms with Crippen LogP contribution in [-0.4, -0.2) is 11.2 Å². The number of aliphatic hydroxyl groups excluding tert-OH is 1. The van der Waals surface area contributed by atoms with Crippen LogP contribution in [0.3, 0.4) is 0 Å². The number of hydrogen-bond acceptors (Lipinski definition) is 1. The Bertz CT molecular complexity index is 947. The van der Waals surface area contributed by atoms with Gasteiger partial charge >= 0.3 is 0 Å². The molecule has 1 N–H and O–H groups in total. The van der Waals surface area contributed by atoms with E-state index in [1.54, 1.807) is 16.7 Å². The first kappa shape index (κ1) is 22.5. The van der Waals surface area contributed by atoms with E-state index in [1.165, 1.54) is 56.1 Å². The maximum absolute atomic E-state index is 10.8. The summed E-state index contributed by atoms with van der Waals surface area (Å²) in [4.78, 5) is 0. The van der Waals surface area contributed by atoms with Crippen LogP contribution in [0.1, 0.15) is 90.7 Å². The smallest absolute Gasteiger partial charge is 0.0594 e. The Morgan fingerprint density at radius 1 is 0.969 bits per heavy atom. The Balaban J connectivity index is 1.42. The number of allylic oxidation sites excluding steroid dienone is 4. The molecule has 1 nitrogen and oxygen atoms in total. The van der Waals surface area contributed by atoms with E-state index in [0.29, 0.717) is 17.3 Å². The summed E-state index contributed by atoms with van der Waals surface area (Å²) in [5.74, 6) is 2.07. The van der Waals surface area contributed by atoms with Gasteiger partial charge in [0.25, 0.3) is 0 Å². The lowest BCUT2D eigenvalue weighted by Crippen LogP contribution is -2.53. The SMILES string of the molecule is Cc1ccc(C[C@@H](C)[C@H]2CC=C3C4=C(CC[C@@]32C)[C@@]2(C)CC[C@H](O)C(C)(C)C2CC4)cc1. The maximum Gasteiger partial charge on any atom is 0.0594 e. The Morgan fingerprint density at radius 3 is 2.41 bits per heavy atom. The fourth-order valence-electron chi connectivity index (χ4n) is 8.81. The van der Waals surface area contributed by atoms with E-state index in [-0.39, 0.29) is 16.9 Å². The van der Waals surface area contributed by atoms with Gasteiger partial charge in [0.15, 0.2) is 0 Å². The lowest BCUT2D eigenvalue weighted by molar-refractivity contribution is -0.0905. The monoisotopic (exact) mass is 432 g/mol. The summed E-state index contributed by atoms with van der Waals surface area (Å²) < 4.78 is 0. The van der Waals surface area contributed by atoms with E-state index >= 15 is 0 Å². The van der Waals surface area contributed by atoms with E-state index in [4.69, 9.17) is 0 Å². The summed E-state index contributed by atoms with van der Waals surface area (Å²) in [5, 5.41) is 10.8. The van der Waals surface area contributed by atoms with Crippen molar-refractivity contribution >= 4 is 0 Å². The molecule has 0 radical (unpaired) electrons. The summed E-state index contributed by atoms with van der Waals surface area (Å²) >= 11 is 0. The molecule has 1 aromatic rings. The molecule has 0 aromatic heterocycles. The molecule has 0 heterocycles. The van der Waals surface area contributed by atoms with E-state index in [0.717, 1.165) is 12.3 Å². The number of rotatable bonds is 3. The zero-order valence-electron chi connectivity index (χ0n) is 21.3. The molecule has 0 aliphatic heterocycles. The van der Waals surface area contributed by atoms with Crippen LogP contribution in [0.5, 0.6) is 0 Å². The van der Waals surface area contributed by atoms with Crippen molar-refractivity contribution in [2.45, 2.75) is 99.0 Å².